The molecule has 92 valence electrons. The van der Waals surface area contributed by atoms with Crippen LogP contribution in [-0.4, -0.2) is 18.1 Å². The molecular formula is C12H14KNO4. The number of benzene rings is 1. The summed E-state index contributed by atoms with van der Waals surface area (Å²) in [7, 11) is 0. The molecule has 1 atom stereocenters. The maximum Gasteiger partial charge on any atom is 1.00 e. The van der Waals surface area contributed by atoms with Crippen molar-refractivity contribution in [2.45, 2.75) is 26.0 Å². The molecule has 6 heteroatoms. The second-order valence-corrected chi connectivity index (χ2v) is 3.49. The number of carbonyl (C=O) groups is 2. The van der Waals surface area contributed by atoms with Crippen molar-refractivity contribution in [1.82, 2.24) is 5.32 Å². The third kappa shape index (κ3) is 6.51. The summed E-state index contributed by atoms with van der Waals surface area (Å²) in [5.41, 5.74) is 0.837. The molecule has 0 radical (unpaired) electrons. The van der Waals surface area contributed by atoms with Crippen LogP contribution < -0.4 is 61.8 Å². The van der Waals surface area contributed by atoms with Crippen molar-refractivity contribution < 1.29 is 70.8 Å². The van der Waals surface area contributed by atoms with E-state index in [9.17, 15) is 14.7 Å². The van der Waals surface area contributed by atoms with E-state index in [-0.39, 0.29) is 64.4 Å². The largest absolute Gasteiger partial charge is 1.00 e. The second-order valence-electron chi connectivity index (χ2n) is 3.49. The number of alkyl carbamates (subject to hydrolysis) is 1. The third-order valence-electron chi connectivity index (χ3n) is 2.20. The maximum absolute atomic E-state index is 11.3. The number of rotatable bonds is 5. The SMILES string of the molecule is CCC(NC(=O)OCc1ccccc1)C(=O)[O-].[K+]. The van der Waals surface area contributed by atoms with Gasteiger partial charge in [-0.25, -0.2) is 4.79 Å². The number of carbonyl (C=O) groups excluding carboxylic acids is 2. The van der Waals surface area contributed by atoms with Gasteiger partial charge in [-0.3, -0.25) is 0 Å². The fourth-order valence-corrected chi connectivity index (χ4v) is 1.23. The van der Waals surface area contributed by atoms with Gasteiger partial charge >= 0.3 is 57.5 Å². The summed E-state index contributed by atoms with van der Waals surface area (Å²) in [4.78, 5) is 21.8. The Bertz CT molecular complexity index is 383. The van der Waals surface area contributed by atoms with Gasteiger partial charge in [0, 0.05) is 0 Å². The average Bonchev–Trinajstić information content (AvgIpc) is 2.34. The van der Waals surface area contributed by atoms with Gasteiger partial charge in [-0.2, -0.15) is 0 Å². The van der Waals surface area contributed by atoms with E-state index in [1.54, 1.807) is 6.92 Å². The van der Waals surface area contributed by atoms with Gasteiger partial charge in [0.1, 0.15) is 6.61 Å². The summed E-state index contributed by atoms with van der Waals surface area (Å²) in [6.07, 6.45) is -0.507. The predicted molar refractivity (Wildman–Crippen MR) is 58.8 cm³/mol. The Labute approximate surface area is 148 Å². The fourth-order valence-electron chi connectivity index (χ4n) is 1.23. The molecule has 0 bridgehead atoms. The summed E-state index contributed by atoms with van der Waals surface area (Å²) in [5, 5.41) is 12.8. The molecule has 1 aromatic carbocycles. The molecule has 18 heavy (non-hydrogen) atoms. The van der Waals surface area contributed by atoms with E-state index >= 15 is 0 Å². The first kappa shape index (κ1) is 17.6. The number of carboxylic acids is 1. The molecule has 0 fully saturated rings. The molecule has 0 saturated heterocycles. The molecule has 1 unspecified atom stereocenters. The van der Waals surface area contributed by atoms with E-state index in [4.69, 9.17) is 4.74 Å². The number of ether oxygens (including phenoxy) is 1. The van der Waals surface area contributed by atoms with Crippen LogP contribution >= 0.6 is 0 Å². The summed E-state index contributed by atoms with van der Waals surface area (Å²) in [5.74, 6) is -1.32. The van der Waals surface area contributed by atoms with E-state index in [2.05, 4.69) is 5.32 Å². The summed E-state index contributed by atoms with van der Waals surface area (Å²) >= 11 is 0. The zero-order valence-electron chi connectivity index (χ0n) is 10.5. The first-order chi connectivity index (χ1) is 8.13. The van der Waals surface area contributed by atoms with E-state index in [0.29, 0.717) is 0 Å². The van der Waals surface area contributed by atoms with Gasteiger partial charge in [0.25, 0.3) is 0 Å². The topological polar surface area (TPSA) is 78.5 Å². The van der Waals surface area contributed by atoms with Crippen molar-refractivity contribution in [3.63, 3.8) is 0 Å². The van der Waals surface area contributed by atoms with E-state index in [0.717, 1.165) is 5.56 Å². The minimum absolute atomic E-state index is 0. The fraction of sp³-hybridized carbons (Fsp3) is 0.333. The van der Waals surface area contributed by atoms with Gasteiger partial charge in [0.2, 0.25) is 0 Å². The van der Waals surface area contributed by atoms with E-state index < -0.39 is 18.1 Å². The van der Waals surface area contributed by atoms with Crippen molar-refractivity contribution in [3.8, 4) is 0 Å². The molecule has 0 aromatic heterocycles. The predicted octanol–water partition coefficient (Wildman–Crippen LogP) is -2.55. The summed E-state index contributed by atoms with van der Waals surface area (Å²) < 4.78 is 4.87. The van der Waals surface area contributed by atoms with Crippen molar-refractivity contribution in [1.29, 1.82) is 0 Å². The molecule has 1 amide bonds. The van der Waals surface area contributed by atoms with Crippen molar-refractivity contribution >= 4 is 12.1 Å². The van der Waals surface area contributed by atoms with Gasteiger partial charge in [0.15, 0.2) is 0 Å². The monoisotopic (exact) mass is 275 g/mol. The number of aliphatic carboxylic acids is 1. The molecule has 0 aliphatic carbocycles. The van der Waals surface area contributed by atoms with Crippen molar-refractivity contribution in [2.75, 3.05) is 0 Å². The molecule has 0 saturated carbocycles. The summed E-state index contributed by atoms with van der Waals surface area (Å²) in [6, 6.07) is 8.11. The minimum Gasteiger partial charge on any atom is -0.548 e. The Morgan fingerprint density at radius 1 is 1.33 bits per heavy atom. The van der Waals surface area contributed by atoms with Crippen molar-refractivity contribution in [3.05, 3.63) is 35.9 Å². The van der Waals surface area contributed by atoms with Gasteiger partial charge < -0.3 is 20.0 Å². The molecule has 0 aliphatic rings. The molecule has 1 N–H and O–H groups in total. The number of hydrogen-bond acceptors (Lipinski definition) is 4. The molecule has 5 nitrogen and oxygen atoms in total. The van der Waals surface area contributed by atoms with Crippen LogP contribution in [0, 0.1) is 0 Å². The Morgan fingerprint density at radius 3 is 2.44 bits per heavy atom. The molecule has 0 aliphatic heterocycles. The Balaban J connectivity index is 0.00000289. The zero-order valence-corrected chi connectivity index (χ0v) is 13.6. The first-order valence-electron chi connectivity index (χ1n) is 5.31. The standard InChI is InChI=1S/C12H15NO4.K/c1-2-10(11(14)15)13-12(16)17-8-9-6-4-3-5-7-9;/h3-7,10H,2,8H2,1H3,(H,13,16)(H,14,15);/q;+1/p-1. The molecule has 0 spiro atoms. The molecule has 1 rings (SSSR count). The molecule has 1 aromatic rings. The second kappa shape index (κ2) is 9.52. The quantitative estimate of drug-likeness (QED) is 0.600. The van der Waals surface area contributed by atoms with Gasteiger partial charge in [-0.05, 0) is 12.0 Å². The van der Waals surface area contributed by atoms with Crippen LogP contribution in [0.3, 0.4) is 0 Å². The zero-order chi connectivity index (χ0) is 12.7. The Kier molecular flexibility index (Phi) is 9.30. The molecule has 0 heterocycles. The smallest absolute Gasteiger partial charge is 0.548 e. The van der Waals surface area contributed by atoms with E-state index in [1.807, 2.05) is 30.3 Å². The Morgan fingerprint density at radius 2 is 1.94 bits per heavy atom. The van der Waals surface area contributed by atoms with E-state index in [1.165, 1.54) is 0 Å². The molecular weight excluding hydrogens is 261 g/mol. The van der Waals surface area contributed by atoms with Crippen LogP contribution in [0.4, 0.5) is 4.79 Å². The number of nitrogens with one attached hydrogen (secondary N) is 1. The van der Waals surface area contributed by atoms with Crippen LogP contribution in [0.5, 0.6) is 0 Å². The number of amides is 1. The minimum atomic E-state index is -1.32. The van der Waals surface area contributed by atoms with Crippen LogP contribution in [0.15, 0.2) is 30.3 Å². The third-order valence-corrected chi connectivity index (χ3v) is 2.20. The van der Waals surface area contributed by atoms with Crippen LogP contribution in [-0.2, 0) is 16.1 Å². The van der Waals surface area contributed by atoms with Crippen molar-refractivity contribution in [2.24, 2.45) is 0 Å². The number of hydrogen-bond donors (Lipinski definition) is 1. The number of carboxylic acid groups (broad SMARTS) is 1. The average molecular weight is 275 g/mol. The van der Waals surface area contributed by atoms with Gasteiger partial charge in [-0.15, -0.1) is 0 Å². The van der Waals surface area contributed by atoms with Crippen LogP contribution in [0.2, 0.25) is 0 Å². The van der Waals surface area contributed by atoms with Crippen LogP contribution in [0.1, 0.15) is 18.9 Å². The van der Waals surface area contributed by atoms with Crippen LogP contribution in [0.25, 0.3) is 0 Å². The normalized spacial score (nSPS) is 10.9. The maximum atomic E-state index is 11.3. The first-order valence-corrected chi connectivity index (χ1v) is 5.31. The van der Waals surface area contributed by atoms with Gasteiger partial charge in [0.05, 0.1) is 12.0 Å². The Hall–Kier alpha value is -0.404. The van der Waals surface area contributed by atoms with Gasteiger partial charge in [-0.1, -0.05) is 37.3 Å². The summed E-state index contributed by atoms with van der Waals surface area (Å²) in [6.45, 7) is 1.74.